The molecule has 24 heavy (non-hydrogen) atoms. The normalized spacial score (nSPS) is 16.1. The van der Waals surface area contributed by atoms with E-state index in [9.17, 15) is 4.79 Å². The van der Waals surface area contributed by atoms with Gasteiger partial charge < -0.3 is 5.32 Å². The molecule has 122 valence electrons. The predicted octanol–water partition coefficient (Wildman–Crippen LogP) is 5.03. The number of nitrogens with zero attached hydrogens (tertiary/aromatic N) is 1. The number of aryl methyl sites for hydroxylation is 1. The summed E-state index contributed by atoms with van der Waals surface area (Å²) in [6.07, 6.45) is 1.87. The van der Waals surface area contributed by atoms with Gasteiger partial charge in [0.25, 0.3) is 5.91 Å². The molecule has 0 spiro atoms. The van der Waals surface area contributed by atoms with Crippen LogP contribution in [0.4, 0.5) is 5.69 Å². The van der Waals surface area contributed by atoms with Crippen LogP contribution in [0.2, 0.25) is 0 Å². The Morgan fingerprint density at radius 2 is 2.04 bits per heavy atom. The van der Waals surface area contributed by atoms with Gasteiger partial charge in [-0.1, -0.05) is 64.2 Å². The van der Waals surface area contributed by atoms with Crippen LogP contribution < -0.4 is 5.32 Å². The van der Waals surface area contributed by atoms with E-state index in [1.54, 1.807) is 4.90 Å². The maximum absolute atomic E-state index is 12.6. The van der Waals surface area contributed by atoms with Crippen molar-refractivity contribution in [2.45, 2.75) is 6.92 Å². The molecular formula is C18H15BrN2OS2. The average Bonchev–Trinajstić information content (AvgIpc) is 2.79. The molecule has 2 aromatic carbocycles. The highest BCUT2D eigenvalue weighted by atomic mass is 79.9. The van der Waals surface area contributed by atoms with Gasteiger partial charge in [-0.3, -0.25) is 9.69 Å². The Morgan fingerprint density at radius 3 is 2.79 bits per heavy atom. The molecule has 0 unspecified atom stereocenters. The van der Waals surface area contributed by atoms with Crippen LogP contribution in [0.5, 0.6) is 0 Å². The number of rotatable bonds is 4. The Balaban J connectivity index is 1.72. The Kier molecular flexibility index (Phi) is 5.38. The SMILES string of the molecule is Cc1cccc(NCN2C(=O)/C(=C\c3cccc(Br)c3)SC2=S)c1. The number of anilines is 1. The highest BCUT2D eigenvalue weighted by molar-refractivity contribution is 9.10. The van der Waals surface area contributed by atoms with E-state index in [0.29, 0.717) is 15.9 Å². The summed E-state index contributed by atoms with van der Waals surface area (Å²) in [4.78, 5) is 14.8. The van der Waals surface area contributed by atoms with Gasteiger partial charge in [0, 0.05) is 10.2 Å². The first-order chi connectivity index (χ1) is 11.5. The van der Waals surface area contributed by atoms with E-state index < -0.39 is 0 Å². The maximum atomic E-state index is 12.6. The number of carbonyl (C=O) groups excluding carboxylic acids is 1. The van der Waals surface area contributed by atoms with E-state index in [2.05, 4.69) is 21.2 Å². The van der Waals surface area contributed by atoms with Crippen LogP contribution in [0.1, 0.15) is 11.1 Å². The summed E-state index contributed by atoms with van der Waals surface area (Å²) < 4.78 is 1.55. The zero-order chi connectivity index (χ0) is 17.1. The van der Waals surface area contributed by atoms with Gasteiger partial charge in [0.05, 0.1) is 11.6 Å². The molecular weight excluding hydrogens is 404 g/mol. The standard InChI is InChI=1S/C18H15BrN2OS2/c1-12-4-2-7-15(8-12)20-11-21-17(22)16(24-18(21)23)10-13-5-3-6-14(19)9-13/h2-10,20H,11H2,1H3/b16-10+. The van der Waals surface area contributed by atoms with E-state index in [0.717, 1.165) is 15.7 Å². The summed E-state index contributed by atoms with van der Waals surface area (Å²) in [6.45, 7) is 2.40. The number of carbonyl (C=O) groups is 1. The van der Waals surface area contributed by atoms with Crippen LogP contribution in [-0.2, 0) is 4.79 Å². The minimum absolute atomic E-state index is 0.0647. The number of benzene rings is 2. The monoisotopic (exact) mass is 418 g/mol. The fourth-order valence-electron chi connectivity index (χ4n) is 2.31. The third kappa shape index (κ3) is 4.06. The molecule has 0 atom stereocenters. The van der Waals surface area contributed by atoms with E-state index in [-0.39, 0.29) is 5.91 Å². The van der Waals surface area contributed by atoms with E-state index >= 15 is 0 Å². The lowest BCUT2D eigenvalue weighted by molar-refractivity contribution is -0.121. The second-order valence-electron chi connectivity index (χ2n) is 5.37. The molecule has 1 amide bonds. The first-order valence-electron chi connectivity index (χ1n) is 7.34. The van der Waals surface area contributed by atoms with Crippen LogP contribution in [0.3, 0.4) is 0 Å². The van der Waals surface area contributed by atoms with Crippen molar-refractivity contribution < 1.29 is 4.79 Å². The minimum atomic E-state index is -0.0647. The van der Waals surface area contributed by atoms with Crippen LogP contribution in [0.15, 0.2) is 57.9 Å². The van der Waals surface area contributed by atoms with Crippen molar-refractivity contribution in [3.63, 3.8) is 0 Å². The zero-order valence-electron chi connectivity index (χ0n) is 13.0. The quantitative estimate of drug-likeness (QED) is 0.557. The van der Waals surface area contributed by atoms with Gasteiger partial charge in [-0.25, -0.2) is 0 Å². The molecule has 1 heterocycles. The number of hydrogen-bond donors (Lipinski definition) is 1. The van der Waals surface area contributed by atoms with E-state index in [1.807, 2.05) is 61.5 Å². The number of amides is 1. The molecule has 3 rings (SSSR count). The molecule has 0 bridgehead atoms. The van der Waals surface area contributed by atoms with E-state index in [1.165, 1.54) is 17.3 Å². The van der Waals surface area contributed by atoms with Crippen molar-refractivity contribution in [1.82, 2.24) is 4.90 Å². The van der Waals surface area contributed by atoms with Gasteiger partial charge in [-0.05, 0) is 48.4 Å². The molecule has 2 aromatic rings. The van der Waals surface area contributed by atoms with Gasteiger partial charge in [0.2, 0.25) is 0 Å². The molecule has 6 heteroatoms. The van der Waals surface area contributed by atoms with Crippen LogP contribution in [0, 0.1) is 6.92 Å². The van der Waals surface area contributed by atoms with Crippen molar-refractivity contribution in [2.75, 3.05) is 12.0 Å². The number of hydrogen-bond acceptors (Lipinski definition) is 4. The summed E-state index contributed by atoms with van der Waals surface area (Å²) in [5.41, 5.74) is 3.11. The van der Waals surface area contributed by atoms with Gasteiger partial charge in [0.1, 0.15) is 4.32 Å². The van der Waals surface area contributed by atoms with Crippen LogP contribution >= 0.6 is 39.9 Å². The average molecular weight is 419 g/mol. The minimum Gasteiger partial charge on any atom is -0.367 e. The Bertz CT molecular complexity index is 835. The molecule has 0 aromatic heterocycles. The predicted molar refractivity (Wildman–Crippen MR) is 109 cm³/mol. The number of thioether (sulfide) groups is 1. The molecule has 1 saturated heterocycles. The fraction of sp³-hybridized carbons (Fsp3) is 0.111. The summed E-state index contributed by atoms with van der Waals surface area (Å²) in [5.74, 6) is -0.0647. The molecule has 3 nitrogen and oxygen atoms in total. The van der Waals surface area contributed by atoms with Crippen molar-refractivity contribution >= 4 is 61.9 Å². The molecule has 1 fully saturated rings. The first-order valence-corrected chi connectivity index (χ1v) is 9.36. The number of thiocarbonyl (C=S) groups is 1. The summed E-state index contributed by atoms with van der Waals surface area (Å²) in [7, 11) is 0. The number of halogens is 1. The Morgan fingerprint density at radius 1 is 1.25 bits per heavy atom. The molecule has 0 saturated carbocycles. The largest absolute Gasteiger partial charge is 0.367 e. The smallest absolute Gasteiger partial charge is 0.267 e. The molecule has 1 aliphatic heterocycles. The van der Waals surface area contributed by atoms with Gasteiger partial charge in [-0.15, -0.1) is 0 Å². The van der Waals surface area contributed by atoms with Crippen LogP contribution in [0.25, 0.3) is 6.08 Å². The van der Waals surface area contributed by atoms with Gasteiger partial charge in [0.15, 0.2) is 0 Å². The highest BCUT2D eigenvalue weighted by Crippen LogP contribution is 2.32. The van der Waals surface area contributed by atoms with Gasteiger partial charge in [-0.2, -0.15) is 0 Å². The highest BCUT2D eigenvalue weighted by Gasteiger charge is 2.31. The van der Waals surface area contributed by atoms with Gasteiger partial charge >= 0.3 is 0 Å². The molecule has 0 aliphatic carbocycles. The Labute approximate surface area is 159 Å². The molecule has 1 aliphatic rings. The van der Waals surface area contributed by atoms with Crippen molar-refractivity contribution in [2.24, 2.45) is 0 Å². The van der Waals surface area contributed by atoms with Crippen molar-refractivity contribution in [1.29, 1.82) is 0 Å². The molecule has 0 radical (unpaired) electrons. The summed E-state index contributed by atoms with van der Waals surface area (Å²) in [6, 6.07) is 15.8. The third-order valence-electron chi connectivity index (χ3n) is 3.48. The second kappa shape index (κ2) is 7.51. The topological polar surface area (TPSA) is 32.3 Å². The number of nitrogens with one attached hydrogen (secondary N) is 1. The zero-order valence-corrected chi connectivity index (χ0v) is 16.2. The second-order valence-corrected chi connectivity index (χ2v) is 7.96. The third-order valence-corrected chi connectivity index (χ3v) is 5.35. The molecule has 1 N–H and O–H groups in total. The van der Waals surface area contributed by atoms with Crippen molar-refractivity contribution in [3.05, 3.63) is 69.0 Å². The van der Waals surface area contributed by atoms with Crippen molar-refractivity contribution in [3.8, 4) is 0 Å². The van der Waals surface area contributed by atoms with Crippen LogP contribution in [-0.4, -0.2) is 21.8 Å². The fourth-order valence-corrected chi connectivity index (χ4v) is 3.98. The maximum Gasteiger partial charge on any atom is 0.267 e. The summed E-state index contributed by atoms with van der Waals surface area (Å²) in [5, 5.41) is 3.25. The summed E-state index contributed by atoms with van der Waals surface area (Å²) >= 11 is 10.1. The van der Waals surface area contributed by atoms with E-state index in [4.69, 9.17) is 12.2 Å². The first kappa shape index (κ1) is 17.2. The Hall–Kier alpha value is -1.63. The lowest BCUT2D eigenvalue weighted by atomic mass is 10.2. The lowest BCUT2D eigenvalue weighted by Gasteiger charge is -2.16. The lowest BCUT2D eigenvalue weighted by Crippen LogP contribution is -2.33.